The molecule has 1 unspecified atom stereocenters. The SMILES string of the molecule is COc1ccc(-c2ccccc2)cc1CN1CCCC1C(=O)O. The molecule has 2 aromatic rings. The van der Waals surface area contributed by atoms with Crippen molar-refractivity contribution in [2.24, 2.45) is 0 Å². The highest BCUT2D eigenvalue weighted by Crippen LogP contribution is 2.29. The van der Waals surface area contributed by atoms with Crippen LogP contribution in [0.3, 0.4) is 0 Å². The van der Waals surface area contributed by atoms with Crippen LogP contribution < -0.4 is 4.74 Å². The number of nitrogens with zero attached hydrogens (tertiary/aromatic N) is 1. The maximum absolute atomic E-state index is 11.4. The van der Waals surface area contributed by atoms with Gasteiger partial charge in [-0.3, -0.25) is 9.69 Å². The number of methoxy groups -OCH3 is 1. The highest BCUT2D eigenvalue weighted by Gasteiger charge is 2.30. The Balaban J connectivity index is 1.89. The average Bonchev–Trinajstić information content (AvgIpc) is 3.04. The molecule has 0 aromatic heterocycles. The summed E-state index contributed by atoms with van der Waals surface area (Å²) in [6.45, 7) is 1.41. The van der Waals surface area contributed by atoms with Gasteiger partial charge in [0.2, 0.25) is 0 Å². The summed E-state index contributed by atoms with van der Waals surface area (Å²) >= 11 is 0. The van der Waals surface area contributed by atoms with Gasteiger partial charge in [0.05, 0.1) is 7.11 Å². The minimum absolute atomic E-state index is 0.389. The lowest BCUT2D eigenvalue weighted by molar-refractivity contribution is -0.142. The van der Waals surface area contributed by atoms with Gasteiger partial charge in [-0.15, -0.1) is 0 Å². The molecule has 1 aliphatic heterocycles. The largest absolute Gasteiger partial charge is 0.496 e. The molecule has 120 valence electrons. The smallest absolute Gasteiger partial charge is 0.320 e. The fourth-order valence-corrected chi connectivity index (χ4v) is 3.23. The van der Waals surface area contributed by atoms with Crippen molar-refractivity contribution in [1.82, 2.24) is 4.90 Å². The number of carboxylic acids is 1. The number of hydrogen-bond acceptors (Lipinski definition) is 3. The average molecular weight is 311 g/mol. The summed E-state index contributed by atoms with van der Waals surface area (Å²) in [6.07, 6.45) is 1.65. The van der Waals surface area contributed by atoms with Gasteiger partial charge in [-0.05, 0) is 42.6 Å². The number of carbonyl (C=O) groups is 1. The minimum atomic E-state index is -0.735. The molecule has 4 heteroatoms. The second-order valence-corrected chi connectivity index (χ2v) is 5.86. The fraction of sp³-hybridized carbons (Fsp3) is 0.316. The van der Waals surface area contributed by atoms with Crippen molar-refractivity contribution in [3.63, 3.8) is 0 Å². The first-order chi connectivity index (χ1) is 11.2. The van der Waals surface area contributed by atoms with Crippen LogP contribution >= 0.6 is 0 Å². The normalized spacial score (nSPS) is 18.0. The molecule has 1 aliphatic rings. The number of aliphatic carboxylic acids is 1. The summed E-state index contributed by atoms with van der Waals surface area (Å²) in [5.41, 5.74) is 3.29. The number of hydrogen-bond donors (Lipinski definition) is 1. The maximum atomic E-state index is 11.4. The zero-order chi connectivity index (χ0) is 16.2. The van der Waals surface area contributed by atoms with Crippen LogP contribution in [0.5, 0.6) is 5.75 Å². The molecule has 0 bridgehead atoms. The van der Waals surface area contributed by atoms with E-state index in [9.17, 15) is 9.90 Å². The lowest BCUT2D eigenvalue weighted by Gasteiger charge is -2.22. The number of ether oxygens (including phenoxy) is 1. The molecule has 0 spiro atoms. The van der Waals surface area contributed by atoms with Crippen LogP contribution in [-0.4, -0.2) is 35.7 Å². The Morgan fingerprint density at radius 2 is 2.00 bits per heavy atom. The molecule has 1 fully saturated rings. The van der Waals surface area contributed by atoms with Crippen molar-refractivity contribution < 1.29 is 14.6 Å². The fourth-order valence-electron chi connectivity index (χ4n) is 3.23. The third-order valence-corrected chi connectivity index (χ3v) is 4.41. The molecule has 3 rings (SSSR count). The molecule has 1 heterocycles. The van der Waals surface area contributed by atoms with Crippen molar-refractivity contribution in [1.29, 1.82) is 0 Å². The van der Waals surface area contributed by atoms with Gasteiger partial charge in [0.15, 0.2) is 0 Å². The Kier molecular flexibility index (Phi) is 4.63. The highest BCUT2D eigenvalue weighted by molar-refractivity contribution is 5.74. The predicted octanol–water partition coefficient (Wildman–Crippen LogP) is 3.41. The Bertz CT molecular complexity index is 684. The number of likely N-dealkylation sites (tertiary alicyclic amines) is 1. The van der Waals surface area contributed by atoms with E-state index in [4.69, 9.17) is 4.74 Å². The van der Waals surface area contributed by atoms with Gasteiger partial charge < -0.3 is 9.84 Å². The molecule has 1 atom stereocenters. The standard InChI is InChI=1S/C19H21NO3/c1-23-18-10-9-15(14-6-3-2-4-7-14)12-16(18)13-20-11-5-8-17(20)19(21)22/h2-4,6-7,9-10,12,17H,5,8,11,13H2,1H3,(H,21,22). The lowest BCUT2D eigenvalue weighted by atomic mass is 10.0. The third-order valence-electron chi connectivity index (χ3n) is 4.41. The maximum Gasteiger partial charge on any atom is 0.320 e. The van der Waals surface area contributed by atoms with E-state index in [2.05, 4.69) is 18.2 Å². The topological polar surface area (TPSA) is 49.8 Å². The lowest BCUT2D eigenvalue weighted by Crippen LogP contribution is -2.35. The van der Waals surface area contributed by atoms with Gasteiger partial charge in [-0.2, -0.15) is 0 Å². The zero-order valence-corrected chi connectivity index (χ0v) is 13.2. The summed E-state index contributed by atoms with van der Waals surface area (Å²) < 4.78 is 5.47. The molecule has 0 radical (unpaired) electrons. The molecule has 1 saturated heterocycles. The van der Waals surface area contributed by atoms with Crippen molar-refractivity contribution >= 4 is 5.97 Å². The Morgan fingerprint density at radius 3 is 2.70 bits per heavy atom. The molecule has 2 aromatic carbocycles. The second-order valence-electron chi connectivity index (χ2n) is 5.86. The zero-order valence-electron chi connectivity index (χ0n) is 13.2. The van der Waals surface area contributed by atoms with Crippen molar-refractivity contribution in [3.05, 3.63) is 54.1 Å². The van der Waals surface area contributed by atoms with Crippen LogP contribution in [0.1, 0.15) is 18.4 Å². The summed E-state index contributed by atoms with van der Waals surface area (Å²) in [7, 11) is 1.65. The monoisotopic (exact) mass is 311 g/mol. The summed E-state index contributed by atoms with van der Waals surface area (Å²) in [5, 5.41) is 9.35. The van der Waals surface area contributed by atoms with E-state index in [1.807, 2.05) is 35.2 Å². The van der Waals surface area contributed by atoms with Crippen LogP contribution in [0.2, 0.25) is 0 Å². The van der Waals surface area contributed by atoms with E-state index in [0.717, 1.165) is 41.8 Å². The van der Waals surface area contributed by atoms with Crippen LogP contribution in [0.4, 0.5) is 0 Å². The number of carboxylic acid groups (broad SMARTS) is 1. The summed E-state index contributed by atoms with van der Waals surface area (Å²) in [5.74, 6) is 0.0707. The molecule has 0 saturated carbocycles. The quantitative estimate of drug-likeness (QED) is 0.919. The van der Waals surface area contributed by atoms with Crippen LogP contribution in [0.25, 0.3) is 11.1 Å². The third kappa shape index (κ3) is 3.37. The van der Waals surface area contributed by atoms with Crippen molar-refractivity contribution in [3.8, 4) is 16.9 Å². The first-order valence-corrected chi connectivity index (χ1v) is 7.88. The Hall–Kier alpha value is -2.33. The van der Waals surface area contributed by atoms with Crippen molar-refractivity contribution in [2.75, 3.05) is 13.7 Å². The first kappa shape index (κ1) is 15.6. The Labute approximate surface area is 136 Å². The van der Waals surface area contributed by atoms with Gasteiger partial charge in [-0.25, -0.2) is 0 Å². The van der Waals surface area contributed by atoms with Crippen LogP contribution in [0, 0.1) is 0 Å². The van der Waals surface area contributed by atoms with Gasteiger partial charge in [0.25, 0.3) is 0 Å². The van der Waals surface area contributed by atoms with E-state index in [-0.39, 0.29) is 6.04 Å². The van der Waals surface area contributed by atoms with Gasteiger partial charge in [0, 0.05) is 12.1 Å². The van der Waals surface area contributed by atoms with E-state index < -0.39 is 5.97 Å². The van der Waals surface area contributed by atoms with E-state index in [1.54, 1.807) is 7.11 Å². The summed E-state index contributed by atoms with van der Waals surface area (Å²) in [4.78, 5) is 13.4. The molecule has 0 aliphatic carbocycles. The molecule has 0 amide bonds. The first-order valence-electron chi connectivity index (χ1n) is 7.88. The van der Waals surface area contributed by atoms with Gasteiger partial charge in [-0.1, -0.05) is 36.4 Å². The minimum Gasteiger partial charge on any atom is -0.496 e. The Morgan fingerprint density at radius 1 is 1.22 bits per heavy atom. The molecular weight excluding hydrogens is 290 g/mol. The molecule has 23 heavy (non-hydrogen) atoms. The van der Waals surface area contributed by atoms with Gasteiger partial charge >= 0.3 is 5.97 Å². The van der Waals surface area contributed by atoms with Crippen LogP contribution in [0.15, 0.2) is 48.5 Å². The van der Waals surface area contributed by atoms with E-state index >= 15 is 0 Å². The summed E-state index contributed by atoms with van der Waals surface area (Å²) in [6, 6.07) is 15.9. The molecular formula is C19H21NO3. The highest BCUT2D eigenvalue weighted by atomic mass is 16.5. The number of benzene rings is 2. The van der Waals surface area contributed by atoms with Crippen LogP contribution in [-0.2, 0) is 11.3 Å². The molecule has 4 nitrogen and oxygen atoms in total. The molecule has 1 N–H and O–H groups in total. The second kappa shape index (κ2) is 6.84. The van der Waals surface area contributed by atoms with Crippen molar-refractivity contribution in [2.45, 2.75) is 25.4 Å². The van der Waals surface area contributed by atoms with Gasteiger partial charge in [0.1, 0.15) is 11.8 Å². The van der Waals surface area contributed by atoms with E-state index in [1.165, 1.54) is 0 Å². The predicted molar refractivity (Wildman–Crippen MR) is 89.5 cm³/mol. The number of rotatable bonds is 5. The van der Waals surface area contributed by atoms with E-state index in [0.29, 0.717) is 6.54 Å².